The van der Waals surface area contributed by atoms with Gasteiger partial charge in [0.2, 0.25) is 0 Å². The minimum absolute atomic E-state index is 0.169. The molecule has 0 saturated carbocycles. The van der Waals surface area contributed by atoms with Gasteiger partial charge < -0.3 is 19.7 Å². The van der Waals surface area contributed by atoms with Crippen LogP contribution in [0, 0.1) is 0 Å². The molecule has 122 valence electrons. The van der Waals surface area contributed by atoms with Crippen LogP contribution in [0.4, 0.5) is 4.79 Å². The SMILES string of the molecule is O=C(OCCOc1ncn(-c2ccccc2)n1)N1CCNCC1. The van der Waals surface area contributed by atoms with Crippen LogP contribution >= 0.6 is 0 Å². The first kappa shape index (κ1) is 15.3. The van der Waals surface area contributed by atoms with Gasteiger partial charge in [0.1, 0.15) is 19.5 Å². The van der Waals surface area contributed by atoms with Crippen LogP contribution in [0.5, 0.6) is 6.01 Å². The molecule has 2 aromatic rings. The molecule has 2 heterocycles. The van der Waals surface area contributed by atoms with Gasteiger partial charge in [0, 0.05) is 26.2 Å². The number of para-hydroxylation sites is 1. The number of ether oxygens (including phenoxy) is 2. The van der Waals surface area contributed by atoms with Crippen LogP contribution in [0.25, 0.3) is 5.69 Å². The molecule has 1 fully saturated rings. The summed E-state index contributed by atoms with van der Waals surface area (Å²) in [5, 5.41) is 7.39. The molecule has 0 atom stereocenters. The van der Waals surface area contributed by atoms with Gasteiger partial charge in [0.25, 0.3) is 0 Å². The molecule has 0 unspecified atom stereocenters. The Bertz CT molecular complexity index is 625. The number of benzene rings is 1. The molecular formula is C15H19N5O3. The van der Waals surface area contributed by atoms with Crippen molar-refractivity contribution in [3.05, 3.63) is 36.7 Å². The molecule has 8 nitrogen and oxygen atoms in total. The summed E-state index contributed by atoms with van der Waals surface area (Å²) in [6.07, 6.45) is 1.27. The first-order valence-electron chi connectivity index (χ1n) is 7.55. The van der Waals surface area contributed by atoms with Crippen LogP contribution in [0.3, 0.4) is 0 Å². The number of carbonyl (C=O) groups excluding carboxylic acids is 1. The molecule has 0 bridgehead atoms. The standard InChI is InChI=1S/C15H19N5O3/c21-15(19-8-6-16-7-9-19)23-11-10-22-14-17-12-20(18-14)13-4-2-1-3-5-13/h1-5,12,16H,6-11H2. The summed E-state index contributed by atoms with van der Waals surface area (Å²) in [7, 11) is 0. The van der Waals surface area contributed by atoms with Gasteiger partial charge in [-0.3, -0.25) is 0 Å². The minimum atomic E-state index is -0.308. The highest BCUT2D eigenvalue weighted by atomic mass is 16.6. The monoisotopic (exact) mass is 317 g/mol. The van der Waals surface area contributed by atoms with Crippen molar-refractivity contribution in [2.75, 3.05) is 39.4 Å². The Kier molecular flexibility index (Phi) is 5.05. The average molecular weight is 317 g/mol. The Hall–Kier alpha value is -2.61. The highest BCUT2D eigenvalue weighted by Gasteiger charge is 2.17. The smallest absolute Gasteiger partial charge is 0.409 e. The second kappa shape index (κ2) is 7.59. The molecule has 0 spiro atoms. The fourth-order valence-corrected chi connectivity index (χ4v) is 2.22. The Morgan fingerprint density at radius 1 is 1.17 bits per heavy atom. The molecule has 1 saturated heterocycles. The third-order valence-electron chi connectivity index (χ3n) is 3.41. The van der Waals surface area contributed by atoms with Crippen molar-refractivity contribution >= 4 is 6.09 Å². The summed E-state index contributed by atoms with van der Waals surface area (Å²) in [6.45, 7) is 3.32. The van der Waals surface area contributed by atoms with Crippen molar-refractivity contribution in [3.8, 4) is 11.7 Å². The van der Waals surface area contributed by atoms with Crippen molar-refractivity contribution in [1.29, 1.82) is 0 Å². The number of hydrogen-bond acceptors (Lipinski definition) is 6. The van der Waals surface area contributed by atoms with Crippen molar-refractivity contribution in [3.63, 3.8) is 0 Å². The molecular weight excluding hydrogens is 298 g/mol. The quantitative estimate of drug-likeness (QED) is 0.817. The Morgan fingerprint density at radius 3 is 2.74 bits per heavy atom. The zero-order chi connectivity index (χ0) is 15.9. The molecule has 1 aliphatic heterocycles. The van der Waals surface area contributed by atoms with Crippen molar-refractivity contribution < 1.29 is 14.3 Å². The summed E-state index contributed by atoms with van der Waals surface area (Å²) < 4.78 is 12.2. The average Bonchev–Trinajstić information content (AvgIpc) is 3.09. The minimum Gasteiger partial charge on any atom is -0.459 e. The van der Waals surface area contributed by atoms with Crippen LogP contribution in [-0.2, 0) is 4.74 Å². The summed E-state index contributed by atoms with van der Waals surface area (Å²) in [5.74, 6) is 0. The van der Waals surface area contributed by atoms with E-state index < -0.39 is 0 Å². The molecule has 3 rings (SSSR count). The zero-order valence-corrected chi connectivity index (χ0v) is 12.7. The third kappa shape index (κ3) is 4.19. The van der Waals surface area contributed by atoms with E-state index in [2.05, 4.69) is 15.4 Å². The highest BCUT2D eigenvalue weighted by molar-refractivity contribution is 5.67. The molecule has 8 heteroatoms. The van der Waals surface area contributed by atoms with E-state index in [0.29, 0.717) is 13.1 Å². The maximum Gasteiger partial charge on any atom is 0.409 e. The van der Waals surface area contributed by atoms with Gasteiger partial charge in [-0.05, 0) is 12.1 Å². The van der Waals surface area contributed by atoms with E-state index in [4.69, 9.17) is 9.47 Å². The molecule has 0 radical (unpaired) electrons. The number of rotatable bonds is 5. The van der Waals surface area contributed by atoms with Gasteiger partial charge in [-0.2, -0.15) is 4.98 Å². The van der Waals surface area contributed by atoms with Crippen molar-refractivity contribution in [2.45, 2.75) is 0 Å². The lowest BCUT2D eigenvalue weighted by molar-refractivity contribution is 0.0829. The molecule has 0 aliphatic carbocycles. The van der Waals surface area contributed by atoms with Crippen molar-refractivity contribution in [1.82, 2.24) is 25.0 Å². The molecule has 1 aromatic carbocycles. The molecule has 1 aromatic heterocycles. The largest absolute Gasteiger partial charge is 0.459 e. The van der Waals surface area contributed by atoms with E-state index >= 15 is 0 Å². The lowest BCUT2D eigenvalue weighted by atomic mass is 10.3. The normalized spacial score (nSPS) is 14.5. The number of nitrogens with zero attached hydrogens (tertiary/aromatic N) is 4. The number of carbonyl (C=O) groups is 1. The fourth-order valence-electron chi connectivity index (χ4n) is 2.22. The van der Waals surface area contributed by atoms with E-state index in [9.17, 15) is 4.79 Å². The second-order valence-electron chi connectivity index (χ2n) is 5.01. The predicted molar refractivity (Wildman–Crippen MR) is 82.6 cm³/mol. The Labute approximate surface area is 134 Å². The number of nitrogens with one attached hydrogen (secondary N) is 1. The van der Waals surface area contributed by atoms with Crippen LogP contribution in [0.2, 0.25) is 0 Å². The molecule has 1 amide bonds. The number of hydrogen-bond donors (Lipinski definition) is 1. The zero-order valence-electron chi connectivity index (χ0n) is 12.7. The lowest BCUT2D eigenvalue weighted by Crippen LogP contribution is -2.46. The van der Waals surface area contributed by atoms with Gasteiger partial charge in [-0.25, -0.2) is 9.48 Å². The first-order valence-corrected chi connectivity index (χ1v) is 7.55. The van der Waals surface area contributed by atoms with Gasteiger partial charge in [-0.1, -0.05) is 18.2 Å². The van der Waals surface area contributed by atoms with Gasteiger partial charge in [-0.15, -0.1) is 5.10 Å². The van der Waals surface area contributed by atoms with Crippen LogP contribution < -0.4 is 10.1 Å². The first-order chi connectivity index (χ1) is 11.3. The Balaban J connectivity index is 1.41. The van der Waals surface area contributed by atoms with Crippen LogP contribution in [-0.4, -0.2) is 65.2 Å². The third-order valence-corrected chi connectivity index (χ3v) is 3.41. The molecule has 1 N–H and O–H groups in total. The summed E-state index contributed by atoms with van der Waals surface area (Å²) in [4.78, 5) is 17.5. The van der Waals surface area contributed by atoms with Gasteiger partial charge >= 0.3 is 12.1 Å². The van der Waals surface area contributed by atoms with Crippen LogP contribution in [0.1, 0.15) is 0 Å². The summed E-state index contributed by atoms with van der Waals surface area (Å²) >= 11 is 0. The lowest BCUT2D eigenvalue weighted by Gasteiger charge is -2.26. The molecule has 1 aliphatic rings. The van der Waals surface area contributed by atoms with Crippen LogP contribution in [0.15, 0.2) is 36.7 Å². The molecule has 23 heavy (non-hydrogen) atoms. The maximum absolute atomic E-state index is 11.8. The van der Waals surface area contributed by atoms with E-state index in [1.54, 1.807) is 15.9 Å². The fraction of sp³-hybridized carbons (Fsp3) is 0.400. The van der Waals surface area contributed by atoms with Gasteiger partial charge in [0.05, 0.1) is 5.69 Å². The summed E-state index contributed by atoms with van der Waals surface area (Å²) in [6, 6.07) is 9.89. The van der Waals surface area contributed by atoms with Gasteiger partial charge in [0.15, 0.2) is 0 Å². The predicted octanol–water partition coefficient (Wildman–Crippen LogP) is 0.688. The highest BCUT2D eigenvalue weighted by Crippen LogP contribution is 2.08. The maximum atomic E-state index is 11.8. The Morgan fingerprint density at radius 2 is 1.96 bits per heavy atom. The number of piperazine rings is 1. The topological polar surface area (TPSA) is 81.5 Å². The van der Waals surface area contributed by atoms with E-state index in [-0.39, 0.29) is 25.3 Å². The van der Waals surface area contributed by atoms with E-state index in [1.165, 1.54) is 0 Å². The number of amides is 1. The number of aromatic nitrogens is 3. The van der Waals surface area contributed by atoms with E-state index in [1.807, 2.05) is 30.3 Å². The van der Waals surface area contributed by atoms with E-state index in [0.717, 1.165) is 18.8 Å². The second-order valence-corrected chi connectivity index (χ2v) is 5.01. The summed E-state index contributed by atoms with van der Waals surface area (Å²) in [5.41, 5.74) is 0.903. The van der Waals surface area contributed by atoms with Crippen molar-refractivity contribution in [2.24, 2.45) is 0 Å².